The number of carbonyl (C=O) groups is 1. The molecule has 2 aliphatic heterocycles. The molecule has 0 spiro atoms. The minimum absolute atomic E-state index is 0.00487. The Balaban J connectivity index is 1.98. The van der Waals surface area contributed by atoms with Gasteiger partial charge in [-0.1, -0.05) is 6.08 Å². The maximum atomic E-state index is 13.1. The molecule has 0 fully saturated rings. The third-order valence-electron chi connectivity index (χ3n) is 4.18. The number of carbonyl (C=O) groups excluding carboxylic acids is 1. The first-order valence-electron chi connectivity index (χ1n) is 7.75. The Morgan fingerprint density at radius 2 is 2.17 bits per heavy atom. The number of amides is 1. The minimum Gasteiger partial charge on any atom is -0.355 e. The number of allylic oxidation sites excluding steroid dienone is 2. The molecule has 1 aromatic rings. The molecule has 2 heterocycles. The lowest BCUT2D eigenvalue weighted by Gasteiger charge is -2.29. The summed E-state index contributed by atoms with van der Waals surface area (Å²) >= 11 is 0. The van der Waals surface area contributed by atoms with E-state index in [0.29, 0.717) is 17.7 Å². The summed E-state index contributed by atoms with van der Waals surface area (Å²) in [6, 6.07) is 7.34. The molecule has 0 saturated heterocycles. The van der Waals surface area contributed by atoms with Crippen LogP contribution in [0.3, 0.4) is 0 Å². The average molecular weight is 305 g/mol. The maximum Gasteiger partial charge on any atom is 0.258 e. The molecule has 1 aromatic carbocycles. The normalized spacial score (nSPS) is 16.9. The van der Waals surface area contributed by atoms with Crippen molar-refractivity contribution in [2.24, 2.45) is 0 Å². The monoisotopic (exact) mass is 305 g/mol. The van der Waals surface area contributed by atoms with Crippen molar-refractivity contribution in [3.05, 3.63) is 70.7 Å². The van der Waals surface area contributed by atoms with Crippen LogP contribution >= 0.6 is 0 Å². The highest BCUT2D eigenvalue weighted by Crippen LogP contribution is 2.28. The average Bonchev–Trinajstić information content (AvgIpc) is 2.76. The van der Waals surface area contributed by atoms with Crippen molar-refractivity contribution in [2.75, 3.05) is 13.6 Å². The predicted molar refractivity (Wildman–Crippen MR) is 89.2 cm³/mol. The lowest BCUT2D eigenvalue weighted by Crippen LogP contribution is -2.33. The van der Waals surface area contributed by atoms with Gasteiger partial charge in [-0.15, -0.1) is 0 Å². The van der Waals surface area contributed by atoms with Crippen LogP contribution in [0.1, 0.15) is 34.3 Å². The first kappa shape index (κ1) is 15.1. The maximum absolute atomic E-state index is 13.1. The molecule has 116 valence electrons. The highest BCUT2D eigenvalue weighted by Gasteiger charge is 2.25. The van der Waals surface area contributed by atoms with Crippen LogP contribution in [0, 0.1) is 18.3 Å². The molecule has 4 heteroatoms. The lowest BCUT2D eigenvalue weighted by molar-refractivity contribution is 0.0807. The van der Waals surface area contributed by atoms with Crippen molar-refractivity contribution in [3.63, 3.8) is 0 Å². The number of fused-ring (bicyclic) bond motifs is 1. The molecule has 3 rings (SSSR count). The number of rotatable bonds is 1. The van der Waals surface area contributed by atoms with E-state index in [-0.39, 0.29) is 5.91 Å². The van der Waals surface area contributed by atoms with Crippen molar-refractivity contribution in [3.8, 4) is 6.07 Å². The molecule has 0 radical (unpaired) electrons. The Bertz CT molecular complexity index is 780. The minimum atomic E-state index is -0.00487. The van der Waals surface area contributed by atoms with Gasteiger partial charge in [-0.2, -0.15) is 5.26 Å². The molecular formula is C19H19N3O. The van der Waals surface area contributed by atoms with E-state index in [4.69, 9.17) is 5.26 Å². The van der Waals surface area contributed by atoms with Crippen LogP contribution in [0.15, 0.2) is 54.0 Å². The largest absolute Gasteiger partial charge is 0.355 e. The van der Waals surface area contributed by atoms with Gasteiger partial charge in [0.25, 0.3) is 5.91 Å². The Kier molecular flexibility index (Phi) is 4.03. The first-order chi connectivity index (χ1) is 11.1. The van der Waals surface area contributed by atoms with Crippen molar-refractivity contribution < 1.29 is 4.79 Å². The van der Waals surface area contributed by atoms with Crippen LogP contribution in [-0.4, -0.2) is 29.3 Å². The second-order valence-corrected chi connectivity index (χ2v) is 5.90. The predicted octanol–water partition coefficient (Wildman–Crippen LogP) is 3.33. The van der Waals surface area contributed by atoms with Crippen molar-refractivity contribution in [1.82, 2.24) is 9.80 Å². The molecule has 23 heavy (non-hydrogen) atoms. The van der Waals surface area contributed by atoms with Gasteiger partial charge >= 0.3 is 0 Å². The second-order valence-electron chi connectivity index (χ2n) is 5.90. The summed E-state index contributed by atoms with van der Waals surface area (Å²) in [5.74, 6) is -0.00487. The van der Waals surface area contributed by atoms with E-state index < -0.39 is 0 Å². The Hall–Kier alpha value is -2.80. The van der Waals surface area contributed by atoms with Gasteiger partial charge in [0.2, 0.25) is 0 Å². The van der Waals surface area contributed by atoms with E-state index in [1.165, 1.54) is 0 Å². The Morgan fingerprint density at radius 1 is 1.35 bits per heavy atom. The summed E-state index contributed by atoms with van der Waals surface area (Å²) < 4.78 is 0. The van der Waals surface area contributed by atoms with Crippen LogP contribution < -0.4 is 0 Å². The van der Waals surface area contributed by atoms with Crippen LogP contribution in [0.4, 0.5) is 0 Å². The van der Waals surface area contributed by atoms with E-state index in [1.54, 1.807) is 18.2 Å². The number of benzene rings is 1. The van der Waals surface area contributed by atoms with Gasteiger partial charge in [0.15, 0.2) is 0 Å². The number of nitrogens with zero attached hydrogens (tertiary/aromatic N) is 3. The quantitative estimate of drug-likeness (QED) is 0.799. The van der Waals surface area contributed by atoms with Crippen molar-refractivity contribution >= 4 is 5.91 Å². The van der Waals surface area contributed by atoms with E-state index in [9.17, 15) is 4.79 Å². The van der Waals surface area contributed by atoms with Crippen LogP contribution in [-0.2, 0) is 0 Å². The van der Waals surface area contributed by atoms with Gasteiger partial charge in [-0.25, -0.2) is 0 Å². The number of nitriles is 1. The smallest absolute Gasteiger partial charge is 0.258 e. The molecule has 0 bridgehead atoms. The molecule has 0 aliphatic carbocycles. The number of hydrogen-bond acceptors (Lipinski definition) is 3. The van der Waals surface area contributed by atoms with Crippen molar-refractivity contribution in [2.45, 2.75) is 19.8 Å². The summed E-state index contributed by atoms with van der Waals surface area (Å²) in [7, 11) is 1.96. The van der Waals surface area contributed by atoms with Crippen LogP contribution in [0.25, 0.3) is 0 Å². The number of hydrogen-bond donors (Lipinski definition) is 0. The van der Waals surface area contributed by atoms with E-state index in [1.807, 2.05) is 42.2 Å². The topological polar surface area (TPSA) is 47.3 Å². The van der Waals surface area contributed by atoms with Gasteiger partial charge in [-0.3, -0.25) is 4.79 Å². The van der Waals surface area contributed by atoms with E-state index in [0.717, 1.165) is 29.7 Å². The Morgan fingerprint density at radius 3 is 2.91 bits per heavy atom. The molecule has 0 unspecified atom stereocenters. The fourth-order valence-electron chi connectivity index (χ4n) is 2.95. The highest BCUT2D eigenvalue weighted by atomic mass is 16.2. The van der Waals surface area contributed by atoms with E-state index >= 15 is 0 Å². The van der Waals surface area contributed by atoms with Gasteiger partial charge in [0, 0.05) is 31.6 Å². The zero-order valence-electron chi connectivity index (χ0n) is 13.4. The summed E-state index contributed by atoms with van der Waals surface area (Å²) in [6.45, 7) is 2.58. The van der Waals surface area contributed by atoms with Crippen LogP contribution in [0.5, 0.6) is 0 Å². The fraction of sp³-hybridized carbons (Fsp3) is 0.263. The highest BCUT2D eigenvalue weighted by molar-refractivity contribution is 5.97. The molecule has 0 atom stereocenters. The van der Waals surface area contributed by atoms with Gasteiger partial charge in [-0.05, 0) is 55.2 Å². The molecule has 1 amide bonds. The fourth-order valence-corrected chi connectivity index (χ4v) is 2.95. The summed E-state index contributed by atoms with van der Waals surface area (Å²) in [4.78, 5) is 16.9. The second kappa shape index (κ2) is 6.13. The molecule has 0 aromatic heterocycles. The van der Waals surface area contributed by atoms with Gasteiger partial charge in [0.05, 0.1) is 17.3 Å². The Labute approximate surface area is 136 Å². The summed E-state index contributed by atoms with van der Waals surface area (Å²) in [5.41, 5.74) is 4.11. The zero-order chi connectivity index (χ0) is 16.4. The summed E-state index contributed by atoms with van der Waals surface area (Å²) in [6.07, 6.45) is 10.1. The standard InChI is InChI=1S/C19H19N3O/c1-14-11-15(12-20)6-7-17(14)19(23)22-9-4-3-5-16-8-10-21(2)13-18(16)22/h5-8,10-11,13H,3-4,9H2,1-2H3. The zero-order valence-corrected chi connectivity index (χ0v) is 13.4. The third-order valence-corrected chi connectivity index (χ3v) is 4.18. The molecule has 0 saturated carbocycles. The van der Waals surface area contributed by atoms with E-state index in [2.05, 4.69) is 12.1 Å². The van der Waals surface area contributed by atoms with Gasteiger partial charge < -0.3 is 9.80 Å². The third kappa shape index (κ3) is 2.91. The van der Waals surface area contributed by atoms with Crippen LogP contribution in [0.2, 0.25) is 0 Å². The molecule has 0 N–H and O–H groups in total. The number of aryl methyl sites for hydroxylation is 1. The van der Waals surface area contributed by atoms with Gasteiger partial charge in [0.1, 0.15) is 0 Å². The molecule has 4 nitrogen and oxygen atoms in total. The first-order valence-corrected chi connectivity index (χ1v) is 7.75. The summed E-state index contributed by atoms with van der Waals surface area (Å²) in [5, 5.41) is 8.99. The lowest BCUT2D eigenvalue weighted by atomic mass is 10.0. The van der Waals surface area contributed by atoms with Crippen molar-refractivity contribution in [1.29, 1.82) is 5.26 Å². The molecule has 2 aliphatic rings. The molecular weight excluding hydrogens is 286 g/mol. The SMILES string of the molecule is Cc1cc(C#N)ccc1C(=O)N1CCCC=C2C=CN(C)C=C21.